The van der Waals surface area contributed by atoms with Gasteiger partial charge in [0.25, 0.3) is 0 Å². The largest absolute Gasteiger partial charge is 1.00 e. The molecule has 222 valence electrons. The summed E-state index contributed by atoms with van der Waals surface area (Å²) in [4.78, 5) is 34.7. The van der Waals surface area contributed by atoms with Crippen molar-refractivity contribution in [1.82, 2.24) is 9.55 Å². The van der Waals surface area contributed by atoms with Crippen molar-refractivity contribution in [2.45, 2.75) is 52.4 Å². The molecule has 43 heavy (non-hydrogen) atoms. The number of benzene rings is 2. The van der Waals surface area contributed by atoms with Crippen LogP contribution in [0.2, 0.25) is 0 Å². The van der Waals surface area contributed by atoms with Crippen molar-refractivity contribution in [3.63, 3.8) is 0 Å². The number of aromatic nitrogens is 2. The second-order valence-electron chi connectivity index (χ2n) is 10.3. The van der Waals surface area contributed by atoms with Gasteiger partial charge in [-0.3, -0.25) is 0 Å². The first-order valence-electron chi connectivity index (χ1n) is 12.8. The Balaban J connectivity index is 0.000000624. The van der Waals surface area contributed by atoms with Crippen molar-refractivity contribution in [2.24, 2.45) is 0 Å². The van der Waals surface area contributed by atoms with E-state index in [0.717, 1.165) is 28.4 Å². The van der Waals surface area contributed by atoms with Crippen LogP contribution in [0.5, 0.6) is 0 Å². The Hall–Kier alpha value is -0.246. The van der Waals surface area contributed by atoms with E-state index in [1.165, 1.54) is 7.11 Å². The van der Waals surface area contributed by atoms with Crippen molar-refractivity contribution in [1.29, 1.82) is 0 Å². The van der Waals surface area contributed by atoms with Gasteiger partial charge >= 0.3 is 150 Å². The van der Waals surface area contributed by atoms with Crippen LogP contribution >= 0.6 is 0 Å². The van der Waals surface area contributed by atoms with Gasteiger partial charge in [0.1, 0.15) is 0 Å². The number of fused-ring (bicyclic) bond motifs is 2. The van der Waals surface area contributed by atoms with E-state index in [0.29, 0.717) is 24.3 Å². The summed E-state index contributed by atoms with van der Waals surface area (Å²) in [6.07, 6.45) is 1.33. The molecule has 0 aliphatic carbocycles. The van der Waals surface area contributed by atoms with E-state index in [-0.39, 0.29) is 155 Å². The minimum atomic E-state index is -2.08. The number of methoxy groups -OCH3 is 1. The van der Waals surface area contributed by atoms with Crippen LogP contribution in [0.25, 0.3) is 21.8 Å². The molecular formula is C30H37Cs2N2O9+. The third-order valence-electron chi connectivity index (χ3n) is 5.56. The predicted molar refractivity (Wildman–Crippen MR) is 152 cm³/mol. The van der Waals surface area contributed by atoms with Gasteiger partial charge in [-0.2, -0.15) is 0 Å². The molecule has 1 aliphatic rings. The van der Waals surface area contributed by atoms with Crippen molar-refractivity contribution in [3.05, 3.63) is 72.1 Å². The first-order chi connectivity index (χ1) is 19.2. The average molecular weight is 835 g/mol. The molecule has 1 fully saturated rings. The van der Waals surface area contributed by atoms with E-state index in [1.807, 2.05) is 53.1 Å². The number of nitrogens with zero attached hydrogens (tertiary/aromatic N) is 1. The molecule has 4 aromatic rings. The van der Waals surface area contributed by atoms with Crippen LogP contribution in [0.4, 0.5) is 4.79 Å². The molecule has 0 bridgehead atoms. The molecule has 0 atom stereocenters. The van der Waals surface area contributed by atoms with E-state index < -0.39 is 11.8 Å². The van der Waals surface area contributed by atoms with Crippen LogP contribution in [0.15, 0.2) is 60.9 Å². The van der Waals surface area contributed by atoms with Gasteiger partial charge in [-0.25, -0.2) is 9.59 Å². The number of carbonyl (C=O) groups is 3. The SMILES string of the molecule is CC1(C)CO1.CCOC(=O)c1c[nH]c2ccccc12.COC(=O)c1cn(CC(C)(C)O)c2ccccc12.O=C([O-])O.[Cs+].[Cs+]. The minimum absolute atomic E-state index is 0. The molecule has 0 unspecified atom stereocenters. The van der Waals surface area contributed by atoms with E-state index in [2.05, 4.69) is 18.8 Å². The number of para-hydroxylation sites is 2. The summed E-state index contributed by atoms with van der Waals surface area (Å²) in [5.74, 6) is -0.634. The molecule has 0 saturated carbocycles. The quantitative estimate of drug-likeness (QED) is 0.156. The molecular weight excluding hydrogens is 798 g/mol. The van der Waals surface area contributed by atoms with Gasteiger partial charge in [0.15, 0.2) is 0 Å². The summed E-state index contributed by atoms with van der Waals surface area (Å²) in [5.41, 5.74) is 2.41. The van der Waals surface area contributed by atoms with Gasteiger partial charge in [0, 0.05) is 34.2 Å². The molecule has 3 heterocycles. The molecule has 0 amide bonds. The van der Waals surface area contributed by atoms with Gasteiger partial charge in [0.2, 0.25) is 6.16 Å². The third-order valence-corrected chi connectivity index (χ3v) is 5.56. The number of ether oxygens (including phenoxy) is 3. The van der Waals surface area contributed by atoms with E-state index >= 15 is 0 Å². The molecule has 13 heteroatoms. The molecule has 0 spiro atoms. The van der Waals surface area contributed by atoms with Gasteiger partial charge < -0.3 is 43.9 Å². The molecule has 1 saturated heterocycles. The van der Waals surface area contributed by atoms with Crippen molar-refractivity contribution in [2.75, 3.05) is 20.3 Å². The second-order valence-corrected chi connectivity index (χ2v) is 10.3. The Morgan fingerprint density at radius 2 is 1.53 bits per heavy atom. The zero-order valence-electron chi connectivity index (χ0n) is 26.1. The van der Waals surface area contributed by atoms with Gasteiger partial charge in [0.05, 0.1) is 49.2 Å². The first kappa shape index (κ1) is 42.8. The number of aromatic amines is 1. The number of hydrogen-bond acceptors (Lipinski definition) is 8. The zero-order valence-corrected chi connectivity index (χ0v) is 38.7. The van der Waals surface area contributed by atoms with Crippen LogP contribution in [-0.4, -0.2) is 69.4 Å². The number of rotatable bonds is 5. The van der Waals surface area contributed by atoms with Crippen LogP contribution < -0.4 is 143 Å². The summed E-state index contributed by atoms with van der Waals surface area (Å²) >= 11 is 0. The molecule has 0 radical (unpaired) electrons. The third kappa shape index (κ3) is 15.3. The van der Waals surface area contributed by atoms with Crippen molar-refractivity contribution < 1.29 is 182 Å². The summed E-state index contributed by atoms with van der Waals surface area (Å²) < 4.78 is 16.5. The standard InChI is InChI=1S/C14H17NO3.C11H11NO2.C4H8O.CH2O3.2Cs/c1-14(2,17)9-15-8-11(13(16)18-3)10-6-4-5-7-12(10)15;1-2-14-11(13)9-7-12-10-6-4-3-5-8(9)10;1-4(2)3-5-4;2-1(3)4;;/h4-8,17H,9H2,1-3H3;3-7,12H,2H2,1H3;3H2,1-2H3;(H2,2,3,4);;/q;;;;2*+1/p-1. The van der Waals surface area contributed by atoms with Crippen molar-refractivity contribution >= 4 is 39.9 Å². The average Bonchev–Trinajstić information content (AvgIpc) is 3.28. The van der Waals surface area contributed by atoms with Gasteiger partial charge in [-0.1, -0.05) is 36.4 Å². The Labute approximate surface area is 368 Å². The zero-order chi connectivity index (χ0) is 30.8. The van der Waals surface area contributed by atoms with Crippen LogP contribution in [0.3, 0.4) is 0 Å². The number of esters is 2. The maximum atomic E-state index is 11.7. The van der Waals surface area contributed by atoms with Crippen molar-refractivity contribution in [3.8, 4) is 0 Å². The monoisotopic (exact) mass is 835 g/mol. The smallest absolute Gasteiger partial charge is 0.565 e. The molecule has 2 aromatic carbocycles. The molecule has 5 rings (SSSR count). The number of carbonyl (C=O) groups excluding carboxylic acids is 2. The number of hydrogen-bond donors (Lipinski definition) is 3. The molecule has 1 aliphatic heterocycles. The fourth-order valence-electron chi connectivity index (χ4n) is 3.66. The predicted octanol–water partition coefficient (Wildman–Crippen LogP) is -1.77. The molecule has 3 N–H and O–H groups in total. The number of carboxylic acid groups (broad SMARTS) is 2. The Morgan fingerprint density at radius 1 is 1.02 bits per heavy atom. The van der Waals surface area contributed by atoms with Crippen LogP contribution in [0.1, 0.15) is 55.3 Å². The fraction of sp³-hybridized carbons (Fsp3) is 0.367. The maximum absolute atomic E-state index is 11.7. The number of epoxide rings is 1. The number of aliphatic hydroxyl groups is 1. The molecule has 2 aromatic heterocycles. The fourth-order valence-corrected chi connectivity index (χ4v) is 3.66. The number of H-pyrrole nitrogens is 1. The topological polar surface area (TPSA) is 166 Å². The second kappa shape index (κ2) is 20.1. The van der Waals surface area contributed by atoms with Gasteiger partial charge in [-0.05, 0) is 46.8 Å². The Kier molecular flexibility index (Phi) is 20.0. The van der Waals surface area contributed by atoms with E-state index in [1.54, 1.807) is 33.2 Å². The number of nitrogens with one attached hydrogen (secondary N) is 1. The van der Waals surface area contributed by atoms with E-state index in [4.69, 9.17) is 29.2 Å². The minimum Gasteiger partial charge on any atom is -0.565 e. The molecule has 11 nitrogen and oxygen atoms in total. The summed E-state index contributed by atoms with van der Waals surface area (Å²) in [5, 5.41) is 27.0. The Morgan fingerprint density at radius 3 is 2.02 bits per heavy atom. The summed E-state index contributed by atoms with van der Waals surface area (Å²) in [6, 6.07) is 15.2. The normalized spacial score (nSPS) is 12.3. The first-order valence-corrected chi connectivity index (χ1v) is 12.8. The Bertz CT molecular complexity index is 1460. The maximum Gasteiger partial charge on any atom is 1.00 e. The van der Waals surface area contributed by atoms with E-state index in [9.17, 15) is 14.7 Å². The summed E-state index contributed by atoms with van der Waals surface area (Å²) in [6.45, 7) is 11.2. The van der Waals surface area contributed by atoms with Crippen LogP contribution in [0, 0.1) is 0 Å². The summed E-state index contributed by atoms with van der Waals surface area (Å²) in [7, 11) is 1.37. The van der Waals surface area contributed by atoms with Gasteiger partial charge in [-0.15, -0.1) is 0 Å². The van der Waals surface area contributed by atoms with Crippen LogP contribution in [-0.2, 0) is 20.8 Å².